The highest BCUT2D eigenvalue weighted by molar-refractivity contribution is 7.17. The summed E-state index contributed by atoms with van der Waals surface area (Å²) in [6.45, 7) is 8.93. The minimum Gasteiger partial charge on any atom is -0.396 e. The number of aryl methyl sites for hydroxylation is 2. The van der Waals surface area contributed by atoms with E-state index in [-0.39, 0.29) is 22.9 Å². The van der Waals surface area contributed by atoms with Crippen molar-refractivity contribution in [3.05, 3.63) is 118 Å². The van der Waals surface area contributed by atoms with Gasteiger partial charge in [-0.05, 0) is 83.5 Å². The van der Waals surface area contributed by atoms with Gasteiger partial charge in [0.05, 0.1) is 22.8 Å². The molecule has 6 heteroatoms. The van der Waals surface area contributed by atoms with Crippen LogP contribution < -0.4 is 11.5 Å². The maximum absolute atomic E-state index is 15.1. The zero-order valence-electron chi connectivity index (χ0n) is 27.3. The van der Waals surface area contributed by atoms with E-state index in [1.807, 2.05) is 48.5 Å². The molecule has 4 aromatic rings. The van der Waals surface area contributed by atoms with Crippen molar-refractivity contribution >= 4 is 33.9 Å². The van der Waals surface area contributed by atoms with Crippen molar-refractivity contribution in [1.82, 2.24) is 0 Å². The van der Waals surface area contributed by atoms with E-state index in [0.29, 0.717) is 33.9 Å². The fourth-order valence-corrected chi connectivity index (χ4v) is 6.88. The molecular formula is C40H45FN4S. The summed E-state index contributed by atoms with van der Waals surface area (Å²) in [5.41, 5.74) is 20.1. The Balaban J connectivity index is 1.36. The van der Waals surface area contributed by atoms with Crippen molar-refractivity contribution in [3.8, 4) is 21.6 Å². The third kappa shape index (κ3) is 7.07. The molecule has 1 aliphatic rings. The zero-order valence-corrected chi connectivity index (χ0v) is 28.2. The van der Waals surface area contributed by atoms with Gasteiger partial charge in [0.15, 0.2) is 0 Å². The maximum atomic E-state index is 15.1. The Bertz CT molecular complexity index is 1790. The van der Waals surface area contributed by atoms with E-state index in [4.69, 9.17) is 22.3 Å². The number of halogens is 1. The third-order valence-corrected chi connectivity index (χ3v) is 10.6. The zero-order chi connectivity index (χ0) is 33.0. The van der Waals surface area contributed by atoms with E-state index in [9.17, 15) is 0 Å². The summed E-state index contributed by atoms with van der Waals surface area (Å²) < 4.78 is 15.1. The molecule has 5 rings (SSSR count). The largest absolute Gasteiger partial charge is 0.396 e. The summed E-state index contributed by atoms with van der Waals surface area (Å²) in [7, 11) is 0. The van der Waals surface area contributed by atoms with E-state index in [1.165, 1.54) is 18.4 Å². The number of hydrogen-bond donors (Lipinski definition) is 4. The summed E-state index contributed by atoms with van der Waals surface area (Å²) in [4.78, 5) is 1.88. The number of hydrogen-bond acceptors (Lipinski definition) is 5. The van der Waals surface area contributed by atoms with Crippen LogP contribution in [-0.2, 0) is 12.8 Å². The fraction of sp³-hybridized carbons (Fsp3) is 0.300. The first kappa shape index (κ1) is 33.1. The molecule has 0 amide bonds. The topological polar surface area (TPSA) is 99.7 Å². The van der Waals surface area contributed by atoms with Crippen LogP contribution in [0, 0.1) is 28.5 Å². The van der Waals surface area contributed by atoms with Gasteiger partial charge < -0.3 is 11.5 Å². The van der Waals surface area contributed by atoms with Crippen molar-refractivity contribution in [2.45, 2.75) is 66.2 Å². The molecular weight excluding hydrogens is 588 g/mol. The predicted molar refractivity (Wildman–Crippen MR) is 195 cm³/mol. The molecule has 46 heavy (non-hydrogen) atoms. The number of benzene rings is 3. The molecule has 2 unspecified atom stereocenters. The lowest BCUT2D eigenvalue weighted by Gasteiger charge is -2.23. The summed E-state index contributed by atoms with van der Waals surface area (Å²) in [6.07, 6.45) is 6.49. The van der Waals surface area contributed by atoms with Crippen LogP contribution in [-0.4, -0.2) is 11.4 Å². The van der Waals surface area contributed by atoms with Crippen LogP contribution in [0.4, 0.5) is 4.39 Å². The highest BCUT2D eigenvalue weighted by Crippen LogP contribution is 2.38. The van der Waals surface area contributed by atoms with Crippen LogP contribution in [0.2, 0.25) is 0 Å². The first-order chi connectivity index (χ1) is 22.1. The van der Waals surface area contributed by atoms with Gasteiger partial charge in [-0.15, -0.1) is 11.3 Å². The van der Waals surface area contributed by atoms with Crippen LogP contribution in [0.15, 0.2) is 90.3 Å². The lowest BCUT2D eigenvalue weighted by atomic mass is 9.85. The molecule has 0 fully saturated rings. The summed E-state index contributed by atoms with van der Waals surface area (Å²) in [6, 6.07) is 25.5. The molecule has 1 aromatic heterocycles. The Labute approximate surface area is 277 Å². The molecule has 1 heterocycles. The first-order valence-electron chi connectivity index (χ1n) is 16.4. The van der Waals surface area contributed by atoms with Crippen molar-refractivity contribution in [2.24, 2.45) is 23.3 Å². The van der Waals surface area contributed by atoms with E-state index >= 15 is 4.39 Å². The Morgan fingerprint density at radius 3 is 1.74 bits per heavy atom. The summed E-state index contributed by atoms with van der Waals surface area (Å²) in [5.74, 6) is 1.10. The number of thiophene rings is 1. The Kier molecular flexibility index (Phi) is 10.4. The molecule has 0 spiro atoms. The molecule has 3 aromatic carbocycles. The fourth-order valence-electron chi connectivity index (χ4n) is 5.81. The molecule has 2 atom stereocenters. The van der Waals surface area contributed by atoms with Crippen LogP contribution in [0.25, 0.3) is 32.7 Å². The molecule has 0 bridgehead atoms. The van der Waals surface area contributed by atoms with Gasteiger partial charge in [-0.3, -0.25) is 10.8 Å². The lowest BCUT2D eigenvalue weighted by Crippen LogP contribution is -2.29. The molecule has 6 N–H and O–H groups in total. The van der Waals surface area contributed by atoms with E-state index in [1.54, 1.807) is 17.4 Å². The quantitative estimate of drug-likeness (QED) is 0.117. The minimum absolute atomic E-state index is 0.0203. The average molecular weight is 633 g/mol. The van der Waals surface area contributed by atoms with Gasteiger partial charge in [0.25, 0.3) is 0 Å². The van der Waals surface area contributed by atoms with E-state index < -0.39 is 0 Å². The van der Waals surface area contributed by atoms with Crippen LogP contribution in [0.1, 0.15) is 74.9 Å². The SMILES string of the molecule is CCC(C)CCc1ccc(-c2ccc(C3=C(N)C(N)=C(c4ccc(-c5ccc(CCC(C)CC)cc5F)cc4)C(=N)C3=N)s2)cc1. The van der Waals surface area contributed by atoms with Gasteiger partial charge in [-0.1, -0.05) is 101 Å². The van der Waals surface area contributed by atoms with Gasteiger partial charge in [-0.25, -0.2) is 4.39 Å². The smallest absolute Gasteiger partial charge is 0.131 e. The second kappa shape index (κ2) is 14.4. The normalized spacial score (nSPS) is 15.1. The van der Waals surface area contributed by atoms with Crippen LogP contribution in [0.3, 0.4) is 0 Å². The maximum Gasteiger partial charge on any atom is 0.131 e. The molecule has 0 saturated carbocycles. The van der Waals surface area contributed by atoms with Gasteiger partial charge >= 0.3 is 0 Å². The Morgan fingerprint density at radius 2 is 1.13 bits per heavy atom. The highest BCUT2D eigenvalue weighted by atomic mass is 32.1. The average Bonchev–Trinajstić information content (AvgIpc) is 3.56. The van der Waals surface area contributed by atoms with Crippen molar-refractivity contribution in [3.63, 3.8) is 0 Å². The van der Waals surface area contributed by atoms with Crippen LogP contribution >= 0.6 is 11.3 Å². The molecule has 1 aliphatic carbocycles. The van der Waals surface area contributed by atoms with Gasteiger partial charge in [0.1, 0.15) is 5.82 Å². The Morgan fingerprint density at radius 1 is 0.630 bits per heavy atom. The number of nitrogens with two attached hydrogens (primary N) is 2. The van der Waals surface area contributed by atoms with E-state index in [0.717, 1.165) is 58.0 Å². The molecule has 0 aliphatic heterocycles. The minimum atomic E-state index is -0.245. The lowest BCUT2D eigenvalue weighted by molar-refractivity contribution is 0.515. The van der Waals surface area contributed by atoms with Gasteiger partial charge in [-0.2, -0.15) is 0 Å². The number of nitrogens with one attached hydrogen (secondary N) is 2. The standard InChI is InChI=1S/C40H45FN4S/c1-5-24(3)7-9-26-11-14-29(15-12-26)33-21-22-34(46-33)36-39(44)37(42)35(38(43)40(36)45)30-18-16-28(17-19-30)31-20-13-27(23-32(31)41)10-8-25(4)6-2/h11-25,42,44H,5-10,43,45H2,1-4H3. The van der Waals surface area contributed by atoms with Crippen LogP contribution in [0.5, 0.6) is 0 Å². The second-order valence-electron chi connectivity index (χ2n) is 12.7. The van der Waals surface area contributed by atoms with Gasteiger partial charge in [0.2, 0.25) is 0 Å². The van der Waals surface area contributed by atoms with Crippen molar-refractivity contribution in [1.29, 1.82) is 10.8 Å². The Hall–Kier alpha value is -4.29. The third-order valence-electron chi connectivity index (χ3n) is 9.43. The molecule has 4 nitrogen and oxygen atoms in total. The second-order valence-corrected chi connectivity index (χ2v) is 13.8. The number of allylic oxidation sites excluding steroid dienone is 2. The highest BCUT2D eigenvalue weighted by Gasteiger charge is 2.30. The molecule has 0 saturated heterocycles. The van der Waals surface area contributed by atoms with E-state index in [2.05, 4.69) is 52.0 Å². The van der Waals surface area contributed by atoms with Gasteiger partial charge in [0, 0.05) is 26.5 Å². The monoisotopic (exact) mass is 632 g/mol. The molecule has 0 radical (unpaired) electrons. The van der Waals surface area contributed by atoms with Crippen molar-refractivity contribution < 1.29 is 4.39 Å². The summed E-state index contributed by atoms with van der Waals surface area (Å²) in [5, 5.41) is 17.8. The number of rotatable bonds is 12. The first-order valence-corrected chi connectivity index (χ1v) is 17.2. The predicted octanol–water partition coefficient (Wildman–Crippen LogP) is 10.3. The van der Waals surface area contributed by atoms with Crippen molar-refractivity contribution in [2.75, 3.05) is 0 Å². The molecule has 238 valence electrons. The summed E-state index contributed by atoms with van der Waals surface area (Å²) >= 11 is 1.55.